The summed E-state index contributed by atoms with van der Waals surface area (Å²) >= 11 is 0. The number of nitrogens with one attached hydrogen (secondary N) is 2. The van der Waals surface area contributed by atoms with E-state index in [1.807, 2.05) is 31.2 Å². The zero-order chi connectivity index (χ0) is 17.3. The minimum Gasteiger partial charge on any atom is -0.345 e. The molecule has 0 aliphatic carbocycles. The average molecular weight is 322 g/mol. The van der Waals surface area contributed by atoms with Crippen LogP contribution in [0.1, 0.15) is 48.4 Å². The first-order valence-electron chi connectivity index (χ1n) is 8.02. The number of carbonyl (C=O) groups excluding carboxylic acids is 1. The molecule has 0 aromatic carbocycles. The number of nitrogens with zero attached hydrogens (tertiary/aromatic N) is 2. The molecular formula is C19H22N4O. The number of hydrogen-bond donors (Lipinski definition) is 2. The molecule has 3 aromatic heterocycles. The molecule has 5 nitrogen and oxygen atoms in total. The van der Waals surface area contributed by atoms with Crippen LogP contribution in [0.2, 0.25) is 0 Å². The summed E-state index contributed by atoms with van der Waals surface area (Å²) in [7, 11) is 0. The van der Waals surface area contributed by atoms with Gasteiger partial charge in [-0.05, 0) is 36.1 Å². The number of rotatable bonds is 3. The Hall–Kier alpha value is -2.69. The summed E-state index contributed by atoms with van der Waals surface area (Å²) in [5.41, 5.74) is 3.11. The molecule has 1 atom stereocenters. The van der Waals surface area contributed by atoms with Crippen molar-refractivity contribution in [1.82, 2.24) is 20.3 Å². The monoisotopic (exact) mass is 322 g/mol. The Balaban J connectivity index is 1.96. The van der Waals surface area contributed by atoms with Crippen LogP contribution < -0.4 is 5.32 Å². The molecule has 0 saturated carbocycles. The smallest absolute Gasteiger partial charge is 0.254 e. The van der Waals surface area contributed by atoms with Crippen molar-refractivity contribution in [2.75, 3.05) is 0 Å². The minimum absolute atomic E-state index is 0.126. The normalized spacial score (nSPS) is 13.0. The van der Waals surface area contributed by atoms with Crippen LogP contribution in [0.25, 0.3) is 11.0 Å². The lowest BCUT2D eigenvalue weighted by Crippen LogP contribution is -2.37. The van der Waals surface area contributed by atoms with Crippen LogP contribution in [0.3, 0.4) is 0 Å². The van der Waals surface area contributed by atoms with E-state index in [0.717, 1.165) is 16.6 Å². The maximum atomic E-state index is 12.9. The van der Waals surface area contributed by atoms with Crippen molar-refractivity contribution < 1.29 is 4.79 Å². The van der Waals surface area contributed by atoms with Crippen LogP contribution in [0.5, 0.6) is 0 Å². The molecule has 3 rings (SSSR count). The molecule has 5 heteroatoms. The maximum Gasteiger partial charge on any atom is 0.254 e. The van der Waals surface area contributed by atoms with Gasteiger partial charge in [-0.2, -0.15) is 0 Å². The summed E-state index contributed by atoms with van der Waals surface area (Å²) in [5.74, 6) is -0.126. The van der Waals surface area contributed by atoms with Gasteiger partial charge in [0.05, 0.1) is 17.3 Å². The van der Waals surface area contributed by atoms with Crippen LogP contribution in [-0.2, 0) is 0 Å². The van der Waals surface area contributed by atoms with Gasteiger partial charge in [0.15, 0.2) is 0 Å². The summed E-state index contributed by atoms with van der Waals surface area (Å²) in [6.07, 6.45) is 5.18. The summed E-state index contributed by atoms with van der Waals surface area (Å²) in [5, 5.41) is 3.98. The quantitative estimate of drug-likeness (QED) is 0.771. The summed E-state index contributed by atoms with van der Waals surface area (Å²) in [6, 6.07) is 7.46. The highest BCUT2D eigenvalue weighted by molar-refractivity contribution is 6.06. The van der Waals surface area contributed by atoms with Crippen LogP contribution in [0, 0.1) is 12.3 Å². The van der Waals surface area contributed by atoms with Crippen LogP contribution in [0.15, 0.2) is 42.9 Å². The second kappa shape index (κ2) is 6.07. The van der Waals surface area contributed by atoms with Crippen molar-refractivity contribution in [3.05, 3.63) is 59.7 Å². The van der Waals surface area contributed by atoms with Crippen molar-refractivity contribution in [2.24, 2.45) is 5.41 Å². The summed E-state index contributed by atoms with van der Waals surface area (Å²) < 4.78 is 0. The molecular weight excluding hydrogens is 300 g/mol. The van der Waals surface area contributed by atoms with Crippen molar-refractivity contribution >= 4 is 16.9 Å². The Morgan fingerprint density at radius 2 is 1.88 bits per heavy atom. The number of H-pyrrole nitrogens is 1. The molecule has 24 heavy (non-hydrogen) atoms. The zero-order valence-corrected chi connectivity index (χ0v) is 14.4. The van der Waals surface area contributed by atoms with Gasteiger partial charge in [0.2, 0.25) is 0 Å². The minimum atomic E-state index is -0.187. The van der Waals surface area contributed by atoms with Crippen molar-refractivity contribution in [2.45, 2.75) is 33.7 Å². The lowest BCUT2D eigenvalue weighted by molar-refractivity contribution is 0.0901. The third-order valence-corrected chi connectivity index (χ3v) is 4.16. The number of amides is 1. The van der Waals surface area contributed by atoms with Crippen LogP contribution >= 0.6 is 0 Å². The van der Waals surface area contributed by atoms with Gasteiger partial charge in [0.25, 0.3) is 5.91 Å². The van der Waals surface area contributed by atoms with E-state index in [4.69, 9.17) is 0 Å². The Morgan fingerprint density at radius 1 is 1.17 bits per heavy atom. The number of hydrogen-bond acceptors (Lipinski definition) is 3. The van der Waals surface area contributed by atoms with Gasteiger partial charge in [0.1, 0.15) is 5.65 Å². The number of aryl methyl sites for hydroxylation is 1. The average Bonchev–Trinajstić information content (AvgIpc) is 2.96. The first-order valence-corrected chi connectivity index (χ1v) is 8.02. The number of aromatic nitrogens is 3. The van der Waals surface area contributed by atoms with Crippen LogP contribution in [-0.4, -0.2) is 20.9 Å². The molecule has 0 fully saturated rings. The predicted octanol–water partition coefficient (Wildman–Crippen LogP) is 3.78. The third kappa shape index (κ3) is 3.02. The Kier molecular flexibility index (Phi) is 4.09. The topological polar surface area (TPSA) is 70.7 Å². The van der Waals surface area contributed by atoms with E-state index in [-0.39, 0.29) is 17.4 Å². The number of pyridine rings is 2. The van der Waals surface area contributed by atoms with Gasteiger partial charge >= 0.3 is 0 Å². The van der Waals surface area contributed by atoms with E-state index in [1.54, 1.807) is 18.6 Å². The molecule has 2 N–H and O–H groups in total. The van der Waals surface area contributed by atoms with E-state index in [9.17, 15) is 4.79 Å². The van der Waals surface area contributed by atoms with Gasteiger partial charge in [-0.15, -0.1) is 0 Å². The first kappa shape index (κ1) is 16.2. The predicted molar refractivity (Wildman–Crippen MR) is 94.7 cm³/mol. The molecule has 3 heterocycles. The summed E-state index contributed by atoms with van der Waals surface area (Å²) in [6.45, 7) is 8.32. The molecule has 0 radical (unpaired) electrons. The van der Waals surface area contributed by atoms with Gasteiger partial charge in [-0.25, -0.2) is 4.98 Å². The molecule has 124 valence electrons. The lowest BCUT2D eigenvalue weighted by Gasteiger charge is -2.32. The maximum absolute atomic E-state index is 12.9. The fraction of sp³-hybridized carbons (Fsp3) is 0.316. The van der Waals surface area contributed by atoms with E-state index < -0.39 is 0 Å². The Labute approximate surface area is 141 Å². The van der Waals surface area contributed by atoms with Crippen molar-refractivity contribution in [3.8, 4) is 0 Å². The fourth-order valence-corrected chi connectivity index (χ4v) is 2.85. The molecule has 0 unspecified atom stereocenters. The standard InChI is InChI=1S/C19H22N4O/c1-12-7-5-9-20-15(12)16(19(2,3)4)23-18(24)14-11-22-17-13(14)8-6-10-21-17/h5-11,16H,1-4H3,(H,21,22)(H,23,24)/t16-/m1/s1. The van der Waals surface area contributed by atoms with Gasteiger partial charge < -0.3 is 10.3 Å². The molecule has 1 amide bonds. The highest BCUT2D eigenvalue weighted by Crippen LogP contribution is 2.33. The van der Waals surface area contributed by atoms with E-state index in [0.29, 0.717) is 11.2 Å². The summed E-state index contributed by atoms with van der Waals surface area (Å²) in [4.78, 5) is 24.7. The molecule has 0 aliphatic heterocycles. The molecule has 0 bridgehead atoms. The van der Waals surface area contributed by atoms with Crippen molar-refractivity contribution in [3.63, 3.8) is 0 Å². The number of aromatic amines is 1. The molecule has 0 spiro atoms. The highest BCUT2D eigenvalue weighted by atomic mass is 16.1. The van der Waals surface area contributed by atoms with Gasteiger partial charge in [-0.3, -0.25) is 9.78 Å². The highest BCUT2D eigenvalue weighted by Gasteiger charge is 2.30. The second-order valence-electron chi connectivity index (χ2n) is 7.08. The Bertz CT molecular complexity index is 876. The number of fused-ring (bicyclic) bond motifs is 1. The zero-order valence-electron chi connectivity index (χ0n) is 14.4. The molecule has 3 aromatic rings. The first-order chi connectivity index (χ1) is 11.4. The largest absolute Gasteiger partial charge is 0.345 e. The van der Waals surface area contributed by atoms with Gasteiger partial charge in [0, 0.05) is 24.0 Å². The fourth-order valence-electron chi connectivity index (χ4n) is 2.85. The van der Waals surface area contributed by atoms with E-state index in [2.05, 4.69) is 41.0 Å². The molecule has 0 aliphatic rings. The number of carbonyl (C=O) groups is 1. The van der Waals surface area contributed by atoms with E-state index in [1.165, 1.54) is 0 Å². The lowest BCUT2D eigenvalue weighted by atomic mass is 9.83. The second-order valence-corrected chi connectivity index (χ2v) is 7.08. The van der Waals surface area contributed by atoms with E-state index >= 15 is 0 Å². The molecule has 0 saturated heterocycles. The third-order valence-electron chi connectivity index (χ3n) is 4.16. The van der Waals surface area contributed by atoms with Crippen LogP contribution in [0.4, 0.5) is 0 Å². The van der Waals surface area contributed by atoms with Crippen molar-refractivity contribution in [1.29, 1.82) is 0 Å². The SMILES string of the molecule is Cc1cccnc1[C@@H](NC(=O)c1c[nH]c2ncccc12)C(C)(C)C. The van der Waals surface area contributed by atoms with Gasteiger partial charge in [-0.1, -0.05) is 26.8 Å². The Morgan fingerprint density at radius 3 is 2.58 bits per heavy atom.